The molecule has 0 aromatic carbocycles. The highest BCUT2D eigenvalue weighted by molar-refractivity contribution is 14.0. The molecule has 0 amide bonds. The van der Waals surface area contributed by atoms with Crippen molar-refractivity contribution in [2.75, 3.05) is 39.5 Å². The Kier molecular flexibility index (Phi) is 10.4. The molecule has 1 atom stereocenters. The average Bonchev–Trinajstić information content (AvgIpc) is 3.09. The molecule has 7 heteroatoms. The molecule has 2 heterocycles. The number of furan rings is 1. The number of guanidine groups is 1. The van der Waals surface area contributed by atoms with E-state index in [-0.39, 0.29) is 30.1 Å². The molecule has 1 saturated heterocycles. The second-order valence-electron chi connectivity index (χ2n) is 6.88. The number of nitrogens with zero attached hydrogens (tertiary/aromatic N) is 1. The maximum atomic E-state index is 5.68. The van der Waals surface area contributed by atoms with E-state index in [2.05, 4.69) is 15.6 Å². The molecule has 26 heavy (non-hydrogen) atoms. The van der Waals surface area contributed by atoms with Crippen molar-refractivity contribution in [3.05, 3.63) is 24.2 Å². The Morgan fingerprint density at radius 1 is 1.23 bits per heavy atom. The predicted molar refractivity (Wildman–Crippen MR) is 113 cm³/mol. The van der Waals surface area contributed by atoms with Crippen molar-refractivity contribution in [1.29, 1.82) is 0 Å². The molecule has 2 N–H and O–H groups in total. The van der Waals surface area contributed by atoms with Crippen molar-refractivity contribution in [3.8, 4) is 0 Å². The molecule has 1 aromatic rings. The van der Waals surface area contributed by atoms with E-state index in [0.29, 0.717) is 6.54 Å². The first kappa shape index (κ1) is 21.5. The van der Waals surface area contributed by atoms with Gasteiger partial charge in [-0.1, -0.05) is 0 Å². The van der Waals surface area contributed by atoms with Gasteiger partial charge < -0.3 is 24.5 Å². The summed E-state index contributed by atoms with van der Waals surface area (Å²) in [5, 5.41) is 6.78. The van der Waals surface area contributed by atoms with Gasteiger partial charge in [-0.25, -0.2) is 0 Å². The summed E-state index contributed by atoms with van der Waals surface area (Å²) in [7, 11) is 0. The molecule has 1 aliphatic carbocycles. The number of halogens is 1. The minimum Gasteiger partial charge on any atom is -0.469 e. The second kappa shape index (κ2) is 12.6. The van der Waals surface area contributed by atoms with Crippen molar-refractivity contribution in [3.63, 3.8) is 0 Å². The number of nitrogens with one attached hydrogen (secondary N) is 2. The van der Waals surface area contributed by atoms with E-state index < -0.39 is 0 Å². The molecule has 3 rings (SSSR count). The Labute approximate surface area is 173 Å². The van der Waals surface area contributed by atoms with Crippen LogP contribution in [0.4, 0.5) is 0 Å². The van der Waals surface area contributed by atoms with E-state index in [1.54, 1.807) is 6.26 Å². The molecule has 0 bridgehead atoms. The summed E-state index contributed by atoms with van der Waals surface area (Å²) in [5.74, 6) is 2.67. The first-order valence-electron chi connectivity index (χ1n) is 9.64. The van der Waals surface area contributed by atoms with Crippen molar-refractivity contribution < 1.29 is 13.9 Å². The number of hydrogen-bond donors (Lipinski definition) is 2. The zero-order valence-corrected chi connectivity index (χ0v) is 17.8. The molecule has 2 aliphatic rings. The van der Waals surface area contributed by atoms with Gasteiger partial charge in [-0.3, -0.25) is 4.99 Å². The SMILES string of the molecule is I.c1coc(CCNC(=NCC2CCCO2)NCCCOCC2CC2)c1. The van der Waals surface area contributed by atoms with Crippen LogP contribution in [0.15, 0.2) is 27.8 Å². The number of hydrogen-bond acceptors (Lipinski definition) is 4. The van der Waals surface area contributed by atoms with Crippen LogP contribution in [0, 0.1) is 5.92 Å². The number of rotatable bonds is 11. The van der Waals surface area contributed by atoms with Crippen LogP contribution in [0.3, 0.4) is 0 Å². The molecular weight excluding hydrogens is 445 g/mol. The molecule has 1 aromatic heterocycles. The monoisotopic (exact) mass is 477 g/mol. The average molecular weight is 477 g/mol. The lowest BCUT2D eigenvalue weighted by Crippen LogP contribution is -2.39. The summed E-state index contributed by atoms with van der Waals surface area (Å²) >= 11 is 0. The van der Waals surface area contributed by atoms with Crippen LogP contribution in [0.25, 0.3) is 0 Å². The number of aliphatic imine (C=N–C) groups is 1. The summed E-state index contributed by atoms with van der Waals surface area (Å²) in [6.07, 6.45) is 8.76. The maximum Gasteiger partial charge on any atom is 0.191 e. The molecule has 0 radical (unpaired) electrons. The first-order chi connectivity index (χ1) is 12.4. The lowest BCUT2D eigenvalue weighted by atomic mass is 10.2. The molecule has 1 unspecified atom stereocenters. The van der Waals surface area contributed by atoms with E-state index in [9.17, 15) is 0 Å². The van der Waals surface area contributed by atoms with Gasteiger partial charge in [0.1, 0.15) is 5.76 Å². The zero-order valence-electron chi connectivity index (χ0n) is 15.5. The molecule has 6 nitrogen and oxygen atoms in total. The fourth-order valence-electron chi connectivity index (χ4n) is 2.83. The molecule has 2 fully saturated rings. The van der Waals surface area contributed by atoms with Gasteiger partial charge in [-0.15, -0.1) is 24.0 Å². The molecule has 1 aliphatic heterocycles. The highest BCUT2D eigenvalue weighted by Crippen LogP contribution is 2.28. The van der Waals surface area contributed by atoms with Crippen LogP contribution in [-0.4, -0.2) is 51.5 Å². The fraction of sp³-hybridized carbons (Fsp3) is 0.737. The molecule has 0 spiro atoms. The van der Waals surface area contributed by atoms with E-state index in [4.69, 9.17) is 13.9 Å². The maximum absolute atomic E-state index is 5.68. The van der Waals surface area contributed by atoms with Crippen LogP contribution in [-0.2, 0) is 15.9 Å². The van der Waals surface area contributed by atoms with Gasteiger partial charge in [-0.2, -0.15) is 0 Å². The van der Waals surface area contributed by atoms with Gasteiger partial charge >= 0.3 is 0 Å². The summed E-state index contributed by atoms with van der Waals surface area (Å²) in [6.45, 7) is 4.99. The van der Waals surface area contributed by atoms with Gasteiger partial charge in [0.05, 0.1) is 18.9 Å². The van der Waals surface area contributed by atoms with E-state index in [1.807, 2.05) is 12.1 Å². The molecule has 148 valence electrons. The largest absolute Gasteiger partial charge is 0.469 e. The Morgan fingerprint density at radius 2 is 2.12 bits per heavy atom. The predicted octanol–water partition coefficient (Wildman–Crippen LogP) is 2.97. The highest BCUT2D eigenvalue weighted by Gasteiger charge is 2.20. The van der Waals surface area contributed by atoms with Crippen LogP contribution in [0.1, 0.15) is 37.9 Å². The van der Waals surface area contributed by atoms with Crippen LogP contribution >= 0.6 is 24.0 Å². The van der Waals surface area contributed by atoms with Crippen LogP contribution in [0.2, 0.25) is 0 Å². The quantitative estimate of drug-likeness (QED) is 0.222. The first-order valence-corrected chi connectivity index (χ1v) is 9.64. The highest BCUT2D eigenvalue weighted by atomic mass is 127. The topological polar surface area (TPSA) is 68.0 Å². The van der Waals surface area contributed by atoms with Gasteiger partial charge in [0.25, 0.3) is 0 Å². The fourth-order valence-corrected chi connectivity index (χ4v) is 2.83. The van der Waals surface area contributed by atoms with Crippen molar-refractivity contribution in [2.45, 2.75) is 44.6 Å². The Balaban J connectivity index is 0.00000243. The van der Waals surface area contributed by atoms with E-state index in [1.165, 1.54) is 12.8 Å². The molecule has 1 saturated carbocycles. The standard InChI is InChI=1S/C19H31N3O3.HI/c1-4-17(24-12-1)8-10-21-19(22-14-18-5-2-13-25-18)20-9-3-11-23-15-16-6-7-16;/h1,4,12,16,18H,2-3,5-11,13-15H2,(H2,20,21,22);1H. The van der Waals surface area contributed by atoms with Gasteiger partial charge in [0.2, 0.25) is 0 Å². The third-order valence-electron chi connectivity index (χ3n) is 4.53. The van der Waals surface area contributed by atoms with Gasteiger partial charge in [0.15, 0.2) is 5.96 Å². The van der Waals surface area contributed by atoms with Gasteiger partial charge in [0, 0.05) is 39.3 Å². The van der Waals surface area contributed by atoms with Crippen LogP contribution in [0.5, 0.6) is 0 Å². The summed E-state index contributed by atoms with van der Waals surface area (Å²) in [6, 6.07) is 3.91. The zero-order chi connectivity index (χ0) is 17.2. The minimum absolute atomic E-state index is 0. The summed E-state index contributed by atoms with van der Waals surface area (Å²) in [4.78, 5) is 4.68. The number of ether oxygens (including phenoxy) is 2. The van der Waals surface area contributed by atoms with E-state index in [0.717, 1.165) is 76.2 Å². The van der Waals surface area contributed by atoms with Crippen molar-refractivity contribution in [1.82, 2.24) is 10.6 Å². The lowest BCUT2D eigenvalue weighted by molar-refractivity contribution is 0.117. The summed E-state index contributed by atoms with van der Waals surface area (Å²) < 4.78 is 16.7. The normalized spacial score (nSPS) is 20.0. The summed E-state index contributed by atoms with van der Waals surface area (Å²) in [5.41, 5.74) is 0. The third-order valence-corrected chi connectivity index (χ3v) is 4.53. The minimum atomic E-state index is 0. The van der Waals surface area contributed by atoms with Crippen LogP contribution < -0.4 is 10.6 Å². The van der Waals surface area contributed by atoms with E-state index >= 15 is 0 Å². The second-order valence-corrected chi connectivity index (χ2v) is 6.88. The Morgan fingerprint density at radius 3 is 2.85 bits per heavy atom. The van der Waals surface area contributed by atoms with Crippen molar-refractivity contribution in [2.24, 2.45) is 10.9 Å². The van der Waals surface area contributed by atoms with Gasteiger partial charge in [-0.05, 0) is 50.2 Å². The lowest BCUT2D eigenvalue weighted by Gasteiger charge is -2.14. The van der Waals surface area contributed by atoms with Crippen molar-refractivity contribution >= 4 is 29.9 Å². The Hall–Kier alpha value is -0.800. The molecular formula is C19H32IN3O3. The third kappa shape index (κ3) is 8.73. The Bertz CT molecular complexity index is 500. The smallest absolute Gasteiger partial charge is 0.191 e.